The fourth-order valence-corrected chi connectivity index (χ4v) is 2.54. The molecule has 0 amide bonds. The molecule has 0 bridgehead atoms. The molecular weight excluding hydrogens is 375 g/mol. The second-order valence-corrected chi connectivity index (χ2v) is 5.94. The van der Waals surface area contributed by atoms with E-state index in [4.69, 9.17) is 27.9 Å². The highest BCUT2D eigenvalue weighted by atomic mass is 35.5. The molecule has 25 heavy (non-hydrogen) atoms. The van der Waals surface area contributed by atoms with E-state index in [1.54, 1.807) is 23.2 Å². The fraction of sp³-hybridized carbons (Fsp3) is 0.357. The predicted octanol–water partition coefficient (Wildman–Crippen LogP) is 3.15. The van der Waals surface area contributed by atoms with E-state index in [9.17, 15) is 20.2 Å². The maximum atomic E-state index is 11.4. The Morgan fingerprint density at radius 2 is 2.16 bits per heavy atom. The van der Waals surface area contributed by atoms with Crippen molar-refractivity contribution in [2.45, 2.75) is 25.9 Å². The Hall–Kier alpha value is -2.39. The standard InChI is InChI=1S/C14H14Cl2N4O5/c1-2-10-8-25-14(11(19(21)22)5-13(16)20(23)24)18(10)7-9-3-4-12(15)17-6-9/h3-6,10H,2,7-8H2,1H3/b13-5+,14-11?. The number of pyridine rings is 1. The van der Waals surface area contributed by atoms with Gasteiger partial charge in [0.15, 0.2) is 0 Å². The number of hydrogen-bond acceptors (Lipinski definition) is 7. The maximum absolute atomic E-state index is 11.4. The predicted molar refractivity (Wildman–Crippen MR) is 89.8 cm³/mol. The summed E-state index contributed by atoms with van der Waals surface area (Å²) in [4.78, 5) is 26.0. The van der Waals surface area contributed by atoms with Gasteiger partial charge in [-0.3, -0.25) is 20.2 Å². The van der Waals surface area contributed by atoms with Gasteiger partial charge in [0.05, 0.1) is 15.9 Å². The summed E-state index contributed by atoms with van der Waals surface area (Å²) in [5.74, 6) is -0.0631. The minimum atomic E-state index is -0.911. The Bertz CT molecular complexity index is 735. The van der Waals surface area contributed by atoms with Gasteiger partial charge in [0.2, 0.25) is 0 Å². The summed E-state index contributed by atoms with van der Waals surface area (Å²) in [7, 11) is 0. The lowest BCUT2D eigenvalue weighted by atomic mass is 10.2. The van der Waals surface area contributed by atoms with Crippen LogP contribution in [0.25, 0.3) is 0 Å². The second-order valence-electron chi connectivity index (χ2n) is 5.16. The Morgan fingerprint density at radius 1 is 1.44 bits per heavy atom. The van der Waals surface area contributed by atoms with Gasteiger partial charge >= 0.3 is 10.9 Å². The topological polar surface area (TPSA) is 112 Å². The zero-order valence-electron chi connectivity index (χ0n) is 13.1. The average Bonchev–Trinajstić information content (AvgIpc) is 2.96. The Morgan fingerprint density at radius 3 is 2.68 bits per heavy atom. The van der Waals surface area contributed by atoms with Gasteiger partial charge in [0.1, 0.15) is 17.8 Å². The zero-order chi connectivity index (χ0) is 18.6. The highest BCUT2D eigenvalue weighted by Gasteiger charge is 2.36. The molecule has 1 aliphatic rings. The van der Waals surface area contributed by atoms with Crippen LogP contribution in [0.3, 0.4) is 0 Å². The zero-order valence-corrected chi connectivity index (χ0v) is 14.6. The average molecular weight is 389 g/mol. The number of ether oxygens (including phenoxy) is 1. The van der Waals surface area contributed by atoms with Crippen LogP contribution >= 0.6 is 23.2 Å². The SMILES string of the molecule is CCC1COC(=C(/C=C(\Cl)[N+](=O)[O-])[N+](=O)[O-])N1Cc1ccc(Cl)nc1. The highest BCUT2D eigenvalue weighted by Crippen LogP contribution is 2.29. The first kappa shape index (κ1) is 18.9. The van der Waals surface area contributed by atoms with E-state index in [1.165, 1.54) is 0 Å². The van der Waals surface area contributed by atoms with Gasteiger partial charge in [0, 0.05) is 12.7 Å². The Labute approximate surface area is 152 Å². The molecule has 1 aliphatic heterocycles. The van der Waals surface area contributed by atoms with Gasteiger partial charge in [0.25, 0.3) is 5.88 Å². The summed E-state index contributed by atoms with van der Waals surface area (Å²) < 4.78 is 5.46. The summed E-state index contributed by atoms with van der Waals surface area (Å²) >= 11 is 11.2. The molecule has 1 fully saturated rings. The molecule has 2 heterocycles. The lowest BCUT2D eigenvalue weighted by molar-refractivity contribution is -0.430. The van der Waals surface area contributed by atoms with Crippen molar-refractivity contribution in [3.63, 3.8) is 0 Å². The smallest absolute Gasteiger partial charge is 0.344 e. The third kappa shape index (κ3) is 4.58. The summed E-state index contributed by atoms with van der Waals surface area (Å²) in [6.07, 6.45) is 2.90. The van der Waals surface area contributed by atoms with E-state index in [1.807, 2.05) is 6.92 Å². The molecule has 134 valence electrons. The molecular formula is C14H14Cl2N4O5. The molecule has 1 aromatic heterocycles. The van der Waals surface area contributed by atoms with Gasteiger partial charge in [-0.25, -0.2) is 4.98 Å². The van der Waals surface area contributed by atoms with Crippen molar-refractivity contribution in [1.82, 2.24) is 9.88 Å². The normalized spacial score (nSPS) is 19.6. The van der Waals surface area contributed by atoms with Crippen LogP contribution in [0.5, 0.6) is 0 Å². The number of halogens is 2. The molecule has 0 spiro atoms. The summed E-state index contributed by atoms with van der Waals surface area (Å²) in [5.41, 5.74) is 0.192. The lowest BCUT2D eigenvalue weighted by Crippen LogP contribution is -2.30. The summed E-state index contributed by atoms with van der Waals surface area (Å²) in [6.45, 7) is 2.42. The van der Waals surface area contributed by atoms with E-state index in [2.05, 4.69) is 4.98 Å². The van der Waals surface area contributed by atoms with Crippen LogP contribution in [0.15, 0.2) is 41.1 Å². The van der Waals surface area contributed by atoms with Gasteiger partial charge in [-0.05, 0) is 29.7 Å². The Kier molecular flexibility index (Phi) is 6.16. The maximum Gasteiger partial charge on any atom is 0.344 e. The third-order valence-electron chi connectivity index (χ3n) is 3.57. The third-order valence-corrected chi connectivity index (χ3v) is 4.04. The summed E-state index contributed by atoms with van der Waals surface area (Å²) in [6, 6.07) is 3.23. The molecule has 2 rings (SSSR count). The van der Waals surface area contributed by atoms with E-state index < -0.39 is 20.7 Å². The minimum Gasteiger partial charge on any atom is -0.472 e. The van der Waals surface area contributed by atoms with E-state index in [-0.39, 0.29) is 25.1 Å². The van der Waals surface area contributed by atoms with Crippen molar-refractivity contribution < 1.29 is 14.6 Å². The number of allylic oxidation sites excluding steroid dienone is 1. The van der Waals surface area contributed by atoms with Gasteiger partial charge in [-0.1, -0.05) is 24.6 Å². The van der Waals surface area contributed by atoms with Crippen LogP contribution in [0.4, 0.5) is 0 Å². The number of nitrogens with zero attached hydrogens (tertiary/aromatic N) is 4. The molecule has 0 aromatic carbocycles. The van der Waals surface area contributed by atoms with E-state index in [0.29, 0.717) is 17.6 Å². The molecule has 1 saturated heterocycles. The molecule has 1 aromatic rings. The van der Waals surface area contributed by atoms with Gasteiger partial charge < -0.3 is 9.64 Å². The summed E-state index contributed by atoms with van der Waals surface area (Å²) in [5, 5.41) is 21.5. The first-order chi connectivity index (χ1) is 11.8. The number of rotatable bonds is 6. The lowest BCUT2D eigenvalue weighted by Gasteiger charge is -2.23. The van der Waals surface area contributed by atoms with Crippen molar-refractivity contribution in [2.24, 2.45) is 0 Å². The quantitative estimate of drug-likeness (QED) is 0.318. The van der Waals surface area contributed by atoms with Crippen molar-refractivity contribution >= 4 is 23.2 Å². The molecule has 11 heteroatoms. The number of hydrogen-bond donors (Lipinski definition) is 0. The van der Waals surface area contributed by atoms with Crippen LogP contribution in [0.2, 0.25) is 5.15 Å². The van der Waals surface area contributed by atoms with E-state index in [0.717, 1.165) is 5.56 Å². The van der Waals surface area contributed by atoms with Gasteiger partial charge in [-0.2, -0.15) is 0 Å². The van der Waals surface area contributed by atoms with E-state index >= 15 is 0 Å². The first-order valence-corrected chi connectivity index (χ1v) is 7.99. The molecule has 0 N–H and O–H groups in total. The molecule has 1 unspecified atom stereocenters. The van der Waals surface area contributed by atoms with Crippen molar-refractivity contribution in [3.05, 3.63) is 72.1 Å². The number of aromatic nitrogens is 1. The molecule has 0 aliphatic carbocycles. The van der Waals surface area contributed by atoms with Crippen molar-refractivity contribution in [3.8, 4) is 0 Å². The van der Waals surface area contributed by atoms with Crippen LogP contribution in [0.1, 0.15) is 18.9 Å². The minimum absolute atomic E-state index is 0.0631. The second kappa shape index (κ2) is 8.13. The van der Waals surface area contributed by atoms with Crippen molar-refractivity contribution in [1.29, 1.82) is 0 Å². The van der Waals surface area contributed by atoms with Crippen molar-refractivity contribution in [2.75, 3.05) is 6.61 Å². The molecule has 9 nitrogen and oxygen atoms in total. The molecule has 0 radical (unpaired) electrons. The highest BCUT2D eigenvalue weighted by molar-refractivity contribution is 6.29. The fourth-order valence-electron chi connectivity index (χ4n) is 2.33. The van der Waals surface area contributed by atoms with Crippen LogP contribution in [-0.4, -0.2) is 32.4 Å². The molecule has 0 saturated carbocycles. The molecule has 1 atom stereocenters. The largest absolute Gasteiger partial charge is 0.472 e. The van der Waals surface area contributed by atoms with Crippen LogP contribution < -0.4 is 0 Å². The van der Waals surface area contributed by atoms with Crippen LogP contribution in [0, 0.1) is 20.2 Å². The van der Waals surface area contributed by atoms with Gasteiger partial charge in [-0.15, -0.1) is 0 Å². The van der Waals surface area contributed by atoms with Crippen LogP contribution in [-0.2, 0) is 11.3 Å². The monoisotopic (exact) mass is 388 g/mol. The Balaban J connectivity index is 2.44. The number of nitro groups is 2. The first-order valence-electron chi connectivity index (χ1n) is 7.23.